The van der Waals surface area contributed by atoms with Crippen LogP contribution in [0.15, 0.2) is 11.1 Å². The largest absolute Gasteiger partial charge is 0.454 e. The summed E-state index contributed by atoms with van der Waals surface area (Å²) >= 11 is 0.789. The average molecular weight is 315 g/mol. The molecule has 2 aliphatic heterocycles. The molecule has 0 aromatic rings. The van der Waals surface area contributed by atoms with Crippen LogP contribution in [0.25, 0.3) is 0 Å². The monoisotopic (exact) mass is 315 g/mol. The normalized spacial score (nSPS) is 39.5. The number of hydrogen-bond acceptors (Lipinski definition) is 7. The van der Waals surface area contributed by atoms with Crippen LogP contribution in [0, 0.1) is 0 Å². The molecule has 0 unspecified atom stereocenters. The molecule has 114 valence electrons. The van der Waals surface area contributed by atoms with Gasteiger partial charge in [0.25, 0.3) is 5.78 Å². The highest BCUT2D eigenvalue weighted by atomic mass is 32.2. The van der Waals surface area contributed by atoms with Crippen molar-refractivity contribution in [1.29, 1.82) is 0 Å². The van der Waals surface area contributed by atoms with Crippen LogP contribution >= 0.6 is 11.8 Å². The molecule has 0 aromatic carbocycles. The molecule has 2 heterocycles. The summed E-state index contributed by atoms with van der Waals surface area (Å²) in [4.78, 5) is 10.8. The fourth-order valence-electron chi connectivity index (χ4n) is 1.94. The Kier molecular flexibility index (Phi) is 4.30. The molecule has 0 aliphatic carbocycles. The van der Waals surface area contributed by atoms with Crippen LogP contribution in [0.5, 0.6) is 0 Å². The van der Waals surface area contributed by atoms with Gasteiger partial charge in [-0.3, -0.25) is 4.79 Å². The molecule has 6 nitrogen and oxygen atoms in total. The lowest BCUT2D eigenvalue weighted by Gasteiger charge is -2.38. The Morgan fingerprint density at radius 1 is 1.40 bits per heavy atom. The molecule has 5 atom stereocenters. The van der Waals surface area contributed by atoms with Gasteiger partial charge in [0.15, 0.2) is 0 Å². The van der Waals surface area contributed by atoms with Gasteiger partial charge in [-0.2, -0.15) is 13.2 Å². The van der Waals surface area contributed by atoms with E-state index in [4.69, 9.17) is 9.84 Å². The number of halogens is 3. The van der Waals surface area contributed by atoms with Crippen LogP contribution in [-0.4, -0.2) is 63.7 Å². The highest BCUT2D eigenvalue weighted by Crippen LogP contribution is 2.38. The number of aliphatic hydroxyl groups excluding tert-OH is 3. The van der Waals surface area contributed by atoms with Crippen LogP contribution in [0.2, 0.25) is 0 Å². The van der Waals surface area contributed by atoms with Crippen molar-refractivity contribution < 1.29 is 38.0 Å². The number of alkyl halides is 3. The summed E-state index contributed by atoms with van der Waals surface area (Å²) in [6.45, 7) is -0.539. The van der Waals surface area contributed by atoms with Gasteiger partial charge in [-0.05, 0) is 0 Å². The fourth-order valence-corrected chi connectivity index (χ4v) is 3.14. The number of ether oxygens (including phenoxy) is 1. The second kappa shape index (κ2) is 5.53. The summed E-state index contributed by atoms with van der Waals surface area (Å²) < 4.78 is 41.7. The third kappa shape index (κ3) is 2.93. The number of ketones is 1. The first-order chi connectivity index (χ1) is 9.24. The van der Waals surface area contributed by atoms with Gasteiger partial charge in [-0.25, -0.2) is 0 Å². The number of hydrogen-bond donors (Lipinski definition) is 4. The topological polar surface area (TPSA) is 99.0 Å². The summed E-state index contributed by atoms with van der Waals surface area (Å²) in [5, 5.41) is 30.8. The number of nitrogens with one attached hydrogen (secondary N) is 1. The molecule has 0 bridgehead atoms. The number of thioether (sulfide) groups is 1. The first-order valence-corrected chi connectivity index (χ1v) is 6.50. The molecule has 0 spiro atoms. The molecule has 2 saturated heterocycles. The van der Waals surface area contributed by atoms with Crippen molar-refractivity contribution in [3.05, 3.63) is 11.1 Å². The van der Waals surface area contributed by atoms with Gasteiger partial charge in [0, 0.05) is 6.08 Å². The maximum absolute atomic E-state index is 12.1. The molecule has 2 rings (SSSR count). The van der Waals surface area contributed by atoms with Crippen LogP contribution in [0.4, 0.5) is 13.2 Å². The van der Waals surface area contributed by atoms with E-state index in [1.807, 2.05) is 0 Å². The predicted octanol–water partition coefficient (Wildman–Crippen LogP) is -0.897. The molecule has 10 heteroatoms. The van der Waals surface area contributed by atoms with Crippen molar-refractivity contribution in [2.45, 2.75) is 36.0 Å². The van der Waals surface area contributed by atoms with E-state index in [1.54, 1.807) is 0 Å². The number of allylic oxidation sites excluding steroid dienone is 1. The van der Waals surface area contributed by atoms with Gasteiger partial charge in [-0.15, -0.1) is 0 Å². The molecule has 20 heavy (non-hydrogen) atoms. The van der Waals surface area contributed by atoms with E-state index in [2.05, 4.69) is 5.32 Å². The minimum absolute atomic E-state index is 0.104. The van der Waals surface area contributed by atoms with Gasteiger partial charge >= 0.3 is 6.18 Å². The molecule has 0 saturated carbocycles. The SMILES string of the molecule is O=C(/C=C1/N[C@@H]2[C@@H](O)[C@H](O)[C@@H](CO)O[C@@H]2S1)C(F)(F)F. The Hall–Kier alpha value is -0.810. The lowest BCUT2D eigenvalue weighted by molar-refractivity contribution is -0.167. The summed E-state index contributed by atoms with van der Waals surface area (Å²) in [7, 11) is 0. The van der Waals surface area contributed by atoms with E-state index >= 15 is 0 Å². The highest BCUT2D eigenvalue weighted by Gasteiger charge is 2.49. The van der Waals surface area contributed by atoms with Crippen molar-refractivity contribution in [2.24, 2.45) is 0 Å². The quantitative estimate of drug-likeness (QED) is 0.490. The fraction of sp³-hybridized carbons (Fsp3) is 0.700. The first kappa shape index (κ1) is 15.6. The Bertz CT molecular complexity index is 430. The average Bonchev–Trinajstić information content (AvgIpc) is 2.75. The zero-order chi connectivity index (χ0) is 15.1. The Morgan fingerprint density at radius 2 is 2.05 bits per heavy atom. The number of fused-ring (bicyclic) bond motifs is 1. The lowest BCUT2D eigenvalue weighted by Crippen LogP contribution is -2.59. The van der Waals surface area contributed by atoms with Crippen LogP contribution in [0.1, 0.15) is 0 Å². The standard InChI is InChI=1S/C10H12F3NO5S/c11-10(12,13)4(16)1-5-14-6-8(18)7(17)3(2-15)19-9(6)20-5/h1,3,6-9,14-15,17-18H,2H2/b5-1-/t3-,6-,7-,8-,9-/m1/s1. The van der Waals surface area contributed by atoms with Crippen LogP contribution < -0.4 is 5.32 Å². The van der Waals surface area contributed by atoms with Crippen molar-refractivity contribution in [3.8, 4) is 0 Å². The molecule has 2 aliphatic rings. The first-order valence-electron chi connectivity index (χ1n) is 5.62. The molecular weight excluding hydrogens is 303 g/mol. The molecule has 0 amide bonds. The summed E-state index contributed by atoms with van der Waals surface area (Å²) in [6.07, 6.45) is -8.33. The third-order valence-electron chi connectivity index (χ3n) is 2.97. The van der Waals surface area contributed by atoms with E-state index in [0.29, 0.717) is 6.08 Å². The zero-order valence-electron chi connectivity index (χ0n) is 9.87. The molecule has 2 fully saturated rings. The van der Waals surface area contributed by atoms with Gasteiger partial charge < -0.3 is 25.4 Å². The molecule has 0 aromatic heterocycles. The molecule has 0 radical (unpaired) electrons. The van der Waals surface area contributed by atoms with Crippen molar-refractivity contribution in [2.75, 3.05) is 6.61 Å². The van der Waals surface area contributed by atoms with E-state index in [-0.39, 0.29) is 5.03 Å². The van der Waals surface area contributed by atoms with Gasteiger partial charge in [0.2, 0.25) is 0 Å². The smallest absolute Gasteiger partial charge is 0.394 e. The highest BCUT2D eigenvalue weighted by molar-refractivity contribution is 8.03. The number of aliphatic hydroxyl groups is 3. The Morgan fingerprint density at radius 3 is 2.60 bits per heavy atom. The van der Waals surface area contributed by atoms with Crippen molar-refractivity contribution in [1.82, 2.24) is 5.32 Å². The second-order valence-electron chi connectivity index (χ2n) is 4.37. The summed E-state index contributed by atoms with van der Waals surface area (Å²) in [6, 6.07) is -0.856. The van der Waals surface area contributed by atoms with Crippen LogP contribution in [-0.2, 0) is 9.53 Å². The van der Waals surface area contributed by atoms with Gasteiger partial charge in [0.1, 0.15) is 23.7 Å². The summed E-state index contributed by atoms with van der Waals surface area (Å²) in [5.41, 5.74) is -0.794. The minimum Gasteiger partial charge on any atom is -0.394 e. The molecule has 4 N–H and O–H groups in total. The third-order valence-corrected chi connectivity index (χ3v) is 4.10. The number of rotatable bonds is 2. The number of carbonyl (C=O) groups is 1. The van der Waals surface area contributed by atoms with Crippen LogP contribution in [0.3, 0.4) is 0 Å². The summed E-state index contributed by atoms with van der Waals surface area (Å²) in [5.74, 6) is -2.03. The minimum atomic E-state index is -4.98. The number of carbonyl (C=O) groups excluding carboxylic acids is 1. The predicted molar refractivity (Wildman–Crippen MR) is 61.4 cm³/mol. The Labute approximate surface area is 115 Å². The van der Waals surface area contributed by atoms with E-state index in [9.17, 15) is 28.2 Å². The van der Waals surface area contributed by atoms with Crippen molar-refractivity contribution >= 4 is 17.5 Å². The maximum Gasteiger partial charge on any atom is 0.454 e. The maximum atomic E-state index is 12.1. The van der Waals surface area contributed by atoms with E-state index in [1.165, 1.54) is 0 Å². The van der Waals surface area contributed by atoms with E-state index in [0.717, 1.165) is 11.8 Å². The van der Waals surface area contributed by atoms with Gasteiger partial charge in [0.05, 0.1) is 17.7 Å². The van der Waals surface area contributed by atoms with E-state index < -0.39 is 48.4 Å². The van der Waals surface area contributed by atoms with Crippen molar-refractivity contribution in [3.63, 3.8) is 0 Å². The molecular formula is C10H12F3NO5S. The Balaban J connectivity index is 2.11. The zero-order valence-corrected chi connectivity index (χ0v) is 10.7. The second-order valence-corrected chi connectivity index (χ2v) is 5.51. The lowest BCUT2D eigenvalue weighted by atomic mass is 9.98. The van der Waals surface area contributed by atoms with Gasteiger partial charge in [-0.1, -0.05) is 11.8 Å².